The number of para-hydroxylation sites is 1. The van der Waals surface area contributed by atoms with Gasteiger partial charge in [-0.2, -0.15) is 0 Å². The van der Waals surface area contributed by atoms with Gasteiger partial charge >= 0.3 is 0 Å². The summed E-state index contributed by atoms with van der Waals surface area (Å²) < 4.78 is 32.6. The van der Waals surface area contributed by atoms with Gasteiger partial charge in [0.05, 0.1) is 10.6 Å². The van der Waals surface area contributed by atoms with Crippen molar-refractivity contribution in [2.75, 3.05) is 29.4 Å². The van der Waals surface area contributed by atoms with Gasteiger partial charge in [0.1, 0.15) is 5.75 Å². The van der Waals surface area contributed by atoms with Gasteiger partial charge in [-0.1, -0.05) is 35.9 Å². The zero-order chi connectivity index (χ0) is 22.0. The van der Waals surface area contributed by atoms with Crippen LogP contribution in [0.3, 0.4) is 0 Å². The Labute approximate surface area is 182 Å². The van der Waals surface area contributed by atoms with Crippen LogP contribution in [0.2, 0.25) is 0 Å². The largest absolute Gasteiger partial charge is 0.484 e. The quantitative estimate of drug-likeness (QED) is 0.590. The fraction of sp³-hybridized carbons (Fsp3) is 0.208. The van der Waals surface area contributed by atoms with Gasteiger partial charge in [0, 0.05) is 19.3 Å². The van der Waals surface area contributed by atoms with Crippen LogP contribution in [0, 0.1) is 6.92 Å². The number of carbonyl (C=O) groups excluding carboxylic acids is 1. The average molecular weight is 437 g/mol. The highest BCUT2D eigenvalue weighted by molar-refractivity contribution is 7.92. The molecule has 0 saturated carbocycles. The second-order valence-electron chi connectivity index (χ2n) is 7.49. The van der Waals surface area contributed by atoms with E-state index in [9.17, 15) is 13.2 Å². The number of benzene rings is 3. The van der Waals surface area contributed by atoms with E-state index in [1.54, 1.807) is 53.4 Å². The lowest BCUT2D eigenvalue weighted by atomic mass is 10.2. The fourth-order valence-electron chi connectivity index (χ4n) is 3.58. The molecule has 0 N–H and O–H groups in total. The number of anilines is 2. The van der Waals surface area contributed by atoms with Gasteiger partial charge in [-0.15, -0.1) is 0 Å². The molecule has 1 aliphatic heterocycles. The first-order chi connectivity index (χ1) is 14.9. The monoisotopic (exact) mass is 436 g/mol. The van der Waals surface area contributed by atoms with E-state index in [0.717, 1.165) is 23.2 Å². The van der Waals surface area contributed by atoms with Crippen LogP contribution in [0.1, 0.15) is 11.1 Å². The van der Waals surface area contributed by atoms with Crippen molar-refractivity contribution >= 4 is 27.3 Å². The first kappa shape index (κ1) is 20.9. The molecule has 3 aromatic rings. The average Bonchev–Trinajstić information content (AvgIpc) is 3.22. The van der Waals surface area contributed by atoms with Gasteiger partial charge in [0.2, 0.25) is 0 Å². The highest BCUT2D eigenvalue weighted by Crippen LogP contribution is 2.28. The third-order valence-electron chi connectivity index (χ3n) is 5.43. The molecular formula is C24H24N2O4S. The molecule has 31 heavy (non-hydrogen) atoms. The first-order valence-corrected chi connectivity index (χ1v) is 11.5. The van der Waals surface area contributed by atoms with Crippen LogP contribution in [-0.2, 0) is 21.2 Å². The third-order valence-corrected chi connectivity index (χ3v) is 7.23. The maximum Gasteiger partial charge on any atom is 0.264 e. The van der Waals surface area contributed by atoms with Gasteiger partial charge < -0.3 is 9.64 Å². The highest BCUT2D eigenvalue weighted by atomic mass is 32.2. The summed E-state index contributed by atoms with van der Waals surface area (Å²) in [6.07, 6.45) is 0.846. The van der Waals surface area contributed by atoms with Gasteiger partial charge in [-0.05, 0) is 61.4 Å². The third kappa shape index (κ3) is 4.27. The predicted molar refractivity (Wildman–Crippen MR) is 121 cm³/mol. The predicted octanol–water partition coefficient (Wildman–Crippen LogP) is 3.79. The summed E-state index contributed by atoms with van der Waals surface area (Å²) in [6.45, 7) is 2.49. The molecule has 3 aromatic carbocycles. The molecule has 0 unspecified atom stereocenters. The van der Waals surface area contributed by atoms with Crippen LogP contribution < -0.4 is 13.9 Å². The summed E-state index contributed by atoms with van der Waals surface area (Å²) in [5.74, 6) is 0.402. The van der Waals surface area contributed by atoms with Crippen LogP contribution in [0.4, 0.5) is 11.4 Å². The van der Waals surface area contributed by atoms with Crippen LogP contribution in [0.15, 0.2) is 77.7 Å². The molecule has 0 saturated heterocycles. The lowest BCUT2D eigenvalue weighted by Gasteiger charge is -2.20. The topological polar surface area (TPSA) is 66.9 Å². The van der Waals surface area contributed by atoms with Gasteiger partial charge in [-0.25, -0.2) is 8.42 Å². The van der Waals surface area contributed by atoms with Crippen molar-refractivity contribution < 1.29 is 17.9 Å². The molecule has 1 amide bonds. The lowest BCUT2D eigenvalue weighted by molar-refractivity contribution is -0.120. The van der Waals surface area contributed by atoms with Crippen molar-refractivity contribution in [2.45, 2.75) is 18.2 Å². The van der Waals surface area contributed by atoms with E-state index in [-0.39, 0.29) is 17.4 Å². The molecule has 0 spiro atoms. The molecule has 1 aliphatic rings. The van der Waals surface area contributed by atoms with E-state index >= 15 is 0 Å². The number of hydrogen-bond donors (Lipinski definition) is 0. The van der Waals surface area contributed by atoms with E-state index in [1.807, 2.05) is 31.2 Å². The number of aryl methyl sites for hydroxylation is 1. The van der Waals surface area contributed by atoms with E-state index < -0.39 is 10.0 Å². The molecule has 6 nitrogen and oxygen atoms in total. The Bertz CT molecular complexity index is 1190. The number of amides is 1. The van der Waals surface area contributed by atoms with Crippen LogP contribution in [0.5, 0.6) is 5.75 Å². The minimum Gasteiger partial charge on any atom is -0.484 e. The second-order valence-corrected chi connectivity index (χ2v) is 9.46. The number of sulfonamides is 1. The highest BCUT2D eigenvalue weighted by Gasteiger charge is 2.24. The van der Waals surface area contributed by atoms with Crippen LogP contribution >= 0.6 is 0 Å². The molecule has 1 heterocycles. The number of nitrogens with zero attached hydrogens (tertiary/aromatic N) is 2. The summed E-state index contributed by atoms with van der Waals surface area (Å²) in [5, 5.41) is 0. The molecule has 0 aromatic heterocycles. The second kappa shape index (κ2) is 8.43. The zero-order valence-electron chi connectivity index (χ0n) is 17.5. The smallest absolute Gasteiger partial charge is 0.264 e. The molecule has 4 rings (SSSR count). The van der Waals surface area contributed by atoms with Gasteiger partial charge in [-0.3, -0.25) is 9.10 Å². The fourth-order valence-corrected chi connectivity index (χ4v) is 4.78. The standard InChI is InChI=1S/C24H24N2O4S/c1-18-7-13-22(14-8-18)31(28,29)25(2)20-9-11-21(12-10-20)30-17-24(27)26-16-15-19-5-3-4-6-23(19)26/h3-14H,15-17H2,1-2H3. The van der Waals surface area contributed by atoms with Crippen molar-refractivity contribution in [1.82, 2.24) is 0 Å². The van der Waals surface area contributed by atoms with Crippen molar-refractivity contribution in [3.8, 4) is 5.75 Å². The molecule has 0 fully saturated rings. The van der Waals surface area contributed by atoms with Crippen molar-refractivity contribution in [1.29, 1.82) is 0 Å². The van der Waals surface area contributed by atoms with Crippen molar-refractivity contribution in [3.63, 3.8) is 0 Å². The Morgan fingerprint density at radius 3 is 2.39 bits per heavy atom. The Hall–Kier alpha value is -3.32. The van der Waals surface area contributed by atoms with E-state index in [4.69, 9.17) is 4.74 Å². The molecule has 0 aliphatic carbocycles. The number of carbonyl (C=O) groups is 1. The number of hydrogen-bond acceptors (Lipinski definition) is 4. The maximum atomic E-state index is 12.8. The summed E-state index contributed by atoms with van der Waals surface area (Å²) in [5.41, 5.74) is 3.61. The van der Waals surface area contributed by atoms with Gasteiger partial charge in [0.15, 0.2) is 6.61 Å². The Morgan fingerprint density at radius 2 is 1.68 bits per heavy atom. The summed E-state index contributed by atoms with van der Waals surface area (Å²) in [7, 11) is -2.14. The SMILES string of the molecule is Cc1ccc(S(=O)(=O)N(C)c2ccc(OCC(=O)N3CCc4ccccc43)cc2)cc1. The van der Waals surface area contributed by atoms with Crippen molar-refractivity contribution in [3.05, 3.63) is 83.9 Å². The maximum absolute atomic E-state index is 12.8. The van der Waals surface area contributed by atoms with Crippen LogP contribution in [0.25, 0.3) is 0 Å². The molecular weight excluding hydrogens is 412 g/mol. The zero-order valence-corrected chi connectivity index (χ0v) is 18.3. The van der Waals surface area contributed by atoms with Gasteiger partial charge in [0.25, 0.3) is 15.9 Å². The normalized spacial score (nSPS) is 13.0. The number of ether oxygens (including phenoxy) is 1. The first-order valence-electron chi connectivity index (χ1n) is 10.0. The number of fused-ring (bicyclic) bond motifs is 1. The number of rotatable bonds is 6. The van der Waals surface area contributed by atoms with E-state index in [0.29, 0.717) is 18.0 Å². The Balaban J connectivity index is 1.40. The summed E-state index contributed by atoms with van der Waals surface area (Å²) in [4.78, 5) is 14.6. The molecule has 0 atom stereocenters. The summed E-state index contributed by atoms with van der Waals surface area (Å²) >= 11 is 0. The van der Waals surface area contributed by atoms with E-state index in [1.165, 1.54) is 11.4 Å². The molecule has 7 heteroatoms. The van der Waals surface area contributed by atoms with Crippen LogP contribution in [-0.4, -0.2) is 34.5 Å². The van der Waals surface area contributed by atoms with E-state index in [2.05, 4.69) is 0 Å². The van der Waals surface area contributed by atoms with Crippen molar-refractivity contribution in [2.24, 2.45) is 0 Å². The Kier molecular flexibility index (Phi) is 5.69. The minimum atomic E-state index is -3.66. The molecule has 0 radical (unpaired) electrons. The molecule has 0 bridgehead atoms. The minimum absolute atomic E-state index is 0.0782. The lowest BCUT2D eigenvalue weighted by Crippen LogP contribution is -2.33. The summed E-state index contributed by atoms with van der Waals surface area (Å²) in [6, 6.07) is 21.3. The Morgan fingerprint density at radius 1 is 1.00 bits per heavy atom. The molecule has 160 valence electrons.